The van der Waals surface area contributed by atoms with Gasteiger partial charge >= 0.3 is 12.4 Å². The Labute approximate surface area is 262 Å². The third kappa shape index (κ3) is 6.77. The Kier molecular flexibility index (Phi) is 8.21. The Balaban J connectivity index is 1.13. The van der Waals surface area contributed by atoms with Crippen molar-refractivity contribution in [3.05, 3.63) is 84.2 Å². The van der Waals surface area contributed by atoms with E-state index in [9.17, 15) is 18.0 Å². The Morgan fingerprint density at radius 2 is 1.76 bits per heavy atom. The molecule has 1 aromatic heterocycles. The van der Waals surface area contributed by atoms with E-state index in [2.05, 4.69) is 43.9 Å². The molecule has 6 rings (SSSR count). The summed E-state index contributed by atoms with van der Waals surface area (Å²) in [5, 5.41) is 8.28. The molecule has 1 N–H and O–H groups in total. The predicted molar refractivity (Wildman–Crippen MR) is 167 cm³/mol. The number of hydrogen-bond donors (Lipinski definition) is 1. The molecule has 13 heteroatoms. The van der Waals surface area contributed by atoms with Gasteiger partial charge in [-0.3, -0.25) is 0 Å². The van der Waals surface area contributed by atoms with Gasteiger partial charge in [-0.1, -0.05) is 49.9 Å². The fourth-order valence-corrected chi connectivity index (χ4v) is 6.22. The second-order valence-electron chi connectivity index (χ2n) is 11.1. The molecule has 2 heterocycles. The van der Waals surface area contributed by atoms with Crippen LogP contribution in [0.5, 0.6) is 11.5 Å². The number of amides is 2. The van der Waals surface area contributed by atoms with Crippen LogP contribution in [0.1, 0.15) is 43.7 Å². The highest BCUT2D eigenvalue weighted by Crippen LogP contribution is 2.46. The Morgan fingerprint density at radius 1 is 1.04 bits per heavy atom. The zero-order valence-corrected chi connectivity index (χ0v) is 25.7. The molecule has 0 radical (unpaired) electrons. The van der Waals surface area contributed by atoms with Crippen LogP contribution in [0, 0.1) is 0 Å². The first-order valence-electron chi connectivity index (χ1n) is 14.4. The molecule has 45 heavy (non-hydrogen) atoms. The number of carbonyl (C=O) groups is 1. The minimum absolute atomic E-state index is 0.269. The predicted octanol–water partition coefficient (Wildman–Crippen LogP) is 7.27. The van der Waals surface area contributed by atoms with E-state index in [1.165, 1.54) is 35.3 Å². The van der Waals surface area contributed by atoms with Crippen molar-refractivity contribution in [3.8, 4) is 28.6 Å². The average molecular weight is 637 g/mol. The fraction of sp³-hybridized carbons (Fsp3) is 0.312. The number of alkyl halides is 3. The van der Waals surface area contributed by atoms with Gasteiger partial charge in [0.1, 0.15) is 17.8 Å². The van der Waals surface area contributed by atoms with Gasteiger partial charge in [-0.15, -0.1) is 18.3 Å². The number of rotatable bonds is 8. The van der Waals surface area contributed by atoms with Crippen LogP contribution in [-0.4, -0.2) is 51.7 Å². The topological polar surface area (TPSA) is 93.9 Å². The fourth-order valence-electron chi connectivity index (χ4n) is 5.27. The summed E-state index contributed by atoms with van der Waals surface area (Å²) in [5.74, 6) is 2.04. The van der Waals surface area contributed by atoms with Gasteiger partial charge in [0.05, 0.1) is 18.3 Å². The maximum Gasteiger partial charge on any atom is 0.573 e. The van der Waals surface area contributed by atoms with Crippen LogP contribution in [0.15, 0.2) is 78.0 Å². The molecule has 1 aliphatic heterocycles. The Hall–Kier alpha value is -4.52. The number of nitrogens with zero attached hydrogens (tertiary/aromatic N) is 5. The summed E-state index contributed by atoms with van der Waals surface area (Å²) in [6.45, 7) is 5.03. The van der Waals surface area contributed by atoms with Gasteiger partial charge in [-0.25, -0.2) is 14.5 Å². The second kappa shape index (κ2) is 12.1. The lowest BCUT2D eigenvalue weighted by Crippen LogP contribution is -2.34. The first-order chi connectivity index (χ1) is 21.5. The summed E-state index contributed by atoms with van der Waals surface area (Å²) in [6.07, 6.45) is -1.66. The van der Waals surface area contributed by atoms with Crippen LogP contribution in [0.25, 0.3) is 17.1 Å². The van der Waals surface area contributed by atoms with E-state index >= 15 is 0 Å². The molecule has 3 aromatic carbocycles. The second-order valence-corrected chi connectivity index (χ2v) is 12.2. The van der Waals surface area contributed by atoms with Crippen molar-refractivity contribution in [1.29, 1.82) is 0 Å². The largest absolute Gasteiger partial charge is 0.573 e. The molecule has 2 fully saturated rings. The number of amidine groups is 1. The van der Waals surface area contributed by atoms with Crippen molar-refractivity contribution in [2.45, 2.75) is 44.5 Å². The summed E-state index contributed by atoms with van der Waals surface area (Å²) >= 11 is 1.57. The lowest BCUT2D eigenvalue weighted by molar-refractivity contribution is -0.274. The third-order valence-electron chi connectivity index (χ3n) is 7.74. The van der Waals surface area contributed by atoms with Crippen molar-refractivity contribution in [2.24, 2.45) is 4.99 Å². The molecule has 0 atom stereocenters. The number of carbonyl (C=O) groups excluding carboxylic acids is 1. The molecule has 9 nitrogen and oxygen atoms in total. The average Bonchev–Trinajstić information content (AvgIpc) is 3.39. The van der Waals surface area contributed by atoms with Crippen LogP contribution < -0.4 is 19.7 Å². The highest BCUT2D eigenvalue weighted by Gasteiger charge is 2.46. The molecule has 0 bridgehead atoms. The van der Waals surface area contributed by atoms with Crippen LogP contribution >= 0.6 is 11.8 Å². The van der Waals surface area contributed by atoms with Gasteiger partial charge in [0.25, 0.3) is 0 Å². The SMILES string of the molecule is COc1ccc(N2CCS/C2=N\C(=O)NC2(c3ccc(-c4ncn(-c5ccc(OC(F)(F)F)cc5)n4)cc3)CC2)c(C(C)C)c1. The molecule has 1 aliphatic carbocycles. The van der Waals surface area contributed by atoms with Crippen LogP contribution in [0.3, 0.4) is 0 Å². The van der Waals surface area contributed by atoms with E-state index < -0.39 is 11.9 Å². The molecular formula is C32H31F3N6O3S. The van der Waals surface area contributed by atoms with Gasteiger partial charge in [0, 0.05) is 23.5 Å². The quantitative estimate of drug-likeness (QED) is 0.217. The van der Waals surface area contributed by atoms with Crippen molar-refractivity contribution >= 4 is 28.6 Å². The number of anilines is 1. The lowest BCUT2D eigenvalue weighted by Gasteiger charge is -2.24. The number of methoxy groups -OCH3 is 1. The van der Waals surface area contributed by atoms with Gasteiger partial charge in [-0.2, -0.15) is 4.99 Å². The standard InChI is InChI=1S/C32H31F3N6O3S/c1-20(2)26-18-25(43-3)12-13-27(26)40-16-17-45-30(40)37-29(42)38-31(14-15-31)22-6-4-21(5-7-22)28-36-19-41(39-28)23-8-10-24(11-9-23)44-32(33,34)35/h4-13,18-20H,14-17H2,1-3H3,(H,38,42)/b37-30-. The molecule has 0 spiro atoms. The molecule has 234 valence electrons. The zero-order valence-electron chi connectivity index (χ0n) is 24.8. The number of benzene rings is 3. The van der Waals surface area contributed by atoms with E-state index in [4.69, 9.17) is 4.74 Å². The summed E-state index contributed by atoms with van der Waals surface area (Å²) in [6, 6.07) is 18.7. The van der Waals surface area contributed by atoms with Crippen molar-refractivity contribution in [1.82, 2.24) is 20.1 Å². The normalized spacial score (nSPS) is 16.7. The van der Waals surface area contributed by atoms with E-state index in [0.29, 0.717) is 16.7 Å². The third-order valence-corrected chi connectivity index (χ3v) is 8.70. The Morgan fingerprint density at radius 3 is 2.40 bits per heavy atom. The number of halogens is 3. The van der Waals surface area contributed by atoms with Crippen molar-refractivity contribution < 1.29 is 27.4 Å². The minimum Gasteiger partial charge on any atom is -0.497 e. The first kappa shape index (κ1) is 30.5. The molecule has 1 saturated carbocycles. The van der Waals surface area contributed by atoms with Crippen LogP contribution in [0.4, 0.5) is 23.7 Å². The van der Waals surface area contributed by atoms with Crippen molar-refractivity contribution in [3.63, 3.8) is 0 Å². The van der Waals surface area contributed by atoms with Crippen LogP contribution in [0.2, 0.25) is 0 Å². The number of aromatic nitrogens is 3. The van der Waals surface area contributed by atoms with Crippen LogP contribution in [-0.2, 0) is 5.54 Å². The van der Waals surface area contributed by atoms with Gasteiger partial charge in [0.2, 0.25) is 0 Å². The molecule has 2 amide bonds. The summed E-state index contributed by atoms with van der Waals surface area (Å²) in [4.78, 5) is 24.1. The molecule has 0 unspecified atom stereocenters. The van der Waals surface area contributed by atoms with E-state index in [0.717, 1.165) is 53.3 Å². The maximum absolute atomic E-state index is 13.2. The summed E-state index contributed by atoms with van der Waals surface area (Å²) in [7, 11) is 1.65. The first-order valence-corrected chi connectivity index (χ1v) is 15.4. The number of ether oxygens (including phenoxy) is 2. The minimum atomic E-state index is -4.75. The lowest BCUT2D eigenvalue weighted by atomic mass is 10.00. The highest BCUT2D eigenvalue weighted by molar-refractivity contribution is 8.14. The molecular weight excluding hydrogens is 605 g/mol. The van der Waals surface area contributed by atoms with Gasteiger partial charge < -0.3 is 19.7 Å². The zero-order chi connectivity index (χ0) is 31.8. The number of aliphatic imine (C=N–C) groups is 1. The maximum atomic E-state index is 13.2. The smallest absolute Gasteiger partial charge is 0.497 e. The van der Waals surface area contributed by atoms with E-state index in [-0.39, 0.29) is 17.7 Å². The number of thioether (sulfide) groups is 1. The number of hydrogen-bond acceptors (Lipinski definition) is 6. The summed E-state index contributed by atoms with van der Waals surface area (Å²) < 4.78 is 48.2. The number of nitrogens with one attached hydrogen (secondary N) is 1. The molecule has 2 aliphatic rings. The van der Waals surface area contributed by atoms with Gasteiger partial charge in [0.15, 0.2) is 11.0 Å². The van der Waals surface area contributed by atoms with Gasteiger partial charge in [-0.05, 0) is 72.4 Å². The highest BCUT2D eigenvalue weighted by atomic mass is 32.2. The molecule has 1 saturated heterocycles. The Bertz CT molecular complexity index is 1720. The number of urea groups is 1. The monoisotopic (exact) mass is 636 g/mol. The summed E-state index contributed by atoms with van der Waals surface area (Å²) in [5.41, 5.74) is 3.94. The van der Waals surface area contributed by atoms with E-state index in [1.807, 2.05) is 42.5 Å². The van der Waals surface area contributed by atoms with Crippen molar-refractivity contribution in [2.75, 3.05) is 24.3 Å². The molecule has 4 aromatic rings. The van der Waals surface area contributed by atoms with E-state index in [1.54, 1.807) is 18.9 Å².